The van der Waals surface area contributed by atoms with E-state index in [0.717, 1.165) is 33.4 Å². The van der Waals surface area contributed by atoms with Crippen LogP contribution >= 0.6 is 0 Å². The van der Waals surface area contributed by atoms with E-state index >= 15 is 0 Å². The fraction of sp³-hybridized carbons (Fsp3) is 0.200. The van der Waals surface area contributed by atoms with Crippen molar-refractivity contribution in [1.29, 1.82) is 0 Å². The van der Waals surface area contributed by atoms with Crippen LogP contribution in [0.15, 0.2) is 66.7 Å². The number of carboxylic acid groups (broad SMARTS) is 1. The van der Waals surface area contributed by atoms with Crippen molar-refractivity contribution in [3.63, 3.8) is 0 Å². The minimum atomic E-state index is -1.15. The van der Waals surface area contributed by atoms with E-state index in [1.165, 1.54) is 6.07 Å². The van der Waals surface area contributed by atoms with Crippen LogP contribution in [-0.2, 0) is 16.0 Å². The Balaban J connectivity index is 1.44. The number of nitrogens with one attached hydrogen (secondary N) is 1. The van der Waals surface area contributed by atoms with E-state index in [4.69, 9.17) is 4.74 Å². The number of carboxylic acids is 1. The molecule has 1 amide bonds. The topological polar surface area (TPSA) is 95.9 Å². The Morgan fingerprint density at radius 1 is 1.00 bits per heavy atom. The zero-order chi connectivity index (χ0) is 22.0. The van der Waals surface area contributed by atoms with Gasteiger partial charge in [0.05, 0.1) is 0 Å². The van der Waals surface area contributed by atoms with E-state index in [0.29, 0.717) is 0 Å². The summed E-state index contributed by atoms with van der Waals surface area (Å²) in [7, 11) is 0. The van der Waals surface area contributed by atoms with Crippen molar-refractivity contribution in [3.05, 3.63) is 89.0 Å². The molecule has 1 aliphatic rings. The number of ether oxygens (including phenoxy) is 1. The molecule has 0 aromatic heterocycles. The molecule has 0 saturated carbocycles. The van der Waals surface area contributed by atoms with Crippen LogP contribution in [0.2, 0.25) is 0 Å². The number of benzene rings is 3. The molecule has 4 rings (SSSR count). The largest absolute Gasteiger partial charge is 0.508 e. The van der Waals surface area contributed by atoms with E-state index in [2.05, 4.69) is 17.4 Å². The molecule has 0 bridgehead atoms. The number of hydrogen-bond acceptors (Lipinski definition) is 4. The predicted molar refractivity (Wildman–Crippen MR) is 116 cm³/mol. The van der Waals surface area contributed by atoms with Gasteiger partial charge < -0.3 is 20.3 Å². The number of hydrogen-bond donors (Lipinski definition) is 3. The highest BCUT2D eigenvalue weighted by Crippen LogP contribution is 2.44. The van der Waals surface area contributed by atoms with E-state index in [1.807, 2.05) is 36.4 Å². The van der Waals surface area contributed by atoms with Crippen molar-refractivity contribution in [2.45, 2.75) is 25.3 Å². The molecule has 3 N–H and O–H groups in total. The van der Waals surface area contributed by atoms with E-state index in [9.17, 15) is 19.8 Å². The predicted octanol–water partition coefficient (Wildman–Crippen LogP) is 4.24. The molecule has 3 aromatic carbocycles. The zero-order valence-electron chi connectivity index (χ0n) is 17.0. The van der Waals surface area contributed by atoms with Gasteiger partial charge >= 0.3 is 12.1 Å². The third kappa shape index (κ3) is 4.23. The molecule has 31 heavy (non-hydrogen) atoms. The van der Waals surface area contributed by atoms with Crippen molar-refractivity contribution in [2.24, 2.45) is 0 Å². The van der Waals surface area contributed by atoms with Gasteiger partial charge in [0.2, 0.25) is 0 Å². The fourth-order valence-electron chi connectivity index (χ4n) is 4.11. The quantitative estimate of drug-likeness (QED) is 0.558. The summed E-state index contributed by atoms with van der Waals surface area (Å²) in [5.41, 5.74) is 5.90. The number of fused-ring (bicyclic) bond motifs is 3. The number of phenolic OH excluding ortho intramolecular Hbond substituents is 1. The molecule has 1 aliphatic carbocycles. The highest BCUT2D eigenvalue weighted by atomic mass is 16.5. The average molecular weight is 417 g/mol. The highest BCUT2D eigenvalue weighted by molar-refractivity contribution is 5.81. The molecule has 0 unspecified atom stereocenters. The summed E-state index contributed by atoms with van der Waals surface area (Å²) in [6, 6.07) is 19.6. The lowest BCUT2D eigenvalue weighted by atomic mass is 9.98. The summed E-state index contributed by atoms with van der Waals surface area (Å²) in [5, 5.41) is 21.5. The number of alkyl carbamates (subject to hydrolysis) is 1. The van der Waals surface area contributed by atoms with Crippen LogP contribution in [0.25, 0.3) is 11.1 Å². The van der Waals surface area contributed by atoms with Gasteiger partial charge in [-0.25, -0.2) is 9.59 Å². The molecular formula is C25H23NO5. The lowest BCUT2D eigenvalue weighted by molar-refractivity contribution is -0.139. The van der Waals surface area contributed by atoms with Gasteiger partial charge in [-0.05, 0) is 52.4 Å². The molecule has 0 heterocycles. The number of aliphatic carboxylic acids is 1. The minimum absolute atomic E-state index is 0.0889. The van der Waals surface area contributed by atoms with Crippen LogP contribution in [0.1, 0.15) is 28.2 Å². The minimum Gasteiger partial charge on any atom is -0.508 e. The maximum atomic E-state index is 12.4. The monoisotopic (exact) mass is 417 g/mol. The van der Waals surface area contributed by atoms with Gasteiger partial charge in [0.25, 0.3) is 0 Å². The van der Waals surface area contributed by atoms with Crippen LogP contribution in [0.5, 0.6) is 5.75 Å². The van der Waals surface area contributed by atoms with E-state index in [1.54, 1.807) is 19.1 Å². The number of aryl methyl sites for hydroxylation is 1. The van der Waals surface area contributed by atoms with E-state index in [-0.39, 0.29) is 24.7 Å². The van der Waals surface area contributed by atoms with Crippen molar-refractivity contribution in [1.82, 2.24) is 5.32 Å². The van der Waals surface area contributed by atoms with Crippen molar-refractivity contribution in [3.8, 4) is 16.9 Å². The van der Waals surface area contributed by atoms with Gasteiger partial charge in [0.15, 0.2) is 0 Å². The van der Waals surface area contributed by atoms with Crippen LogP contribution in [0.4, 0.5) is 4.79 Å². The van der Waals surface area contributed by atoms with Crippen LogP contribution in [0, 0.1) is 6.92 Å². The molecule has 1 atom stereocenters. The summed E-state index contributed by atoms with van der Waals surface area (Å²) in [5.74, 6) is -1.14. The molecule has 3 aromatic rings. The maximum absolute atomic E-state index is 12.4. The average Bonchev–Trinajstić information content (AvgIpc) is 3.07. The Morgan fingerprint density at radius 2 is 1.61 bits per heavy atom. The SMILES string of the molecule is Cc1cc(O)ccc1C[C@@H](NC(=O)OCC1c2ccccc2-c2ccccc21)C(=O)O. The molecular weight excluding hydrogens is 394 g/mol. The second kappa shape index (κ2) is 8.52. The smallest absolute Gasteiger partial charge is 0.407 e. The number of rotatable bonds is 6. The summed E-state index contributed by atoms with van der Waals surface area (Å²) < 4.78 is 5.45. The number of amides is 1. The molecule has 0 fully saturated rings. The Labute approximate surface area is 180 Å². The first-order chi connectivity index (χ1) is 14.9. The van der Waals surface area contributed by atoms with Crippen LogP contribution in [0.3, 0.4) is 0 Å². The van der Waals surface area contributed by atoms with Crippen molar-refractivity contribution < 1.29 is 24.5 Å². The van der Waals surface area contributed by atoms with Gasteiger partial charge in [-0.15, -0.1) is 0 Å². The fourth-order valence-corrected chi connectivity index (χ4v) is 4.11. The second-order valence-electron chi connectivity index (χ2n) is 7.68. The van der Waals surface area contributed by atoms with Crippen molar-refractivity contribution in [2.75, 3.05) is 6.61 Å². The van der Waals surface area contributed by atoms with E-state index < -0.39 is 18.1 Å². The number of phenols is 1. The Bertz CT molecular complexity index is 1090. The number of carbonyl (C=O) groups excluding carboxylic acids is 1. The highest BCUT2D eigenvalue weighted by Gasteiger charge is 2.29. The molecule has 6 nitrogen and oxygen atoms in total. The zero-order valence-corrected chi connectivity index (χ0v) is 17.0. The number of aromatic hydroxyl groups is 1. The molecule has 0 radical (unpaired) electrons. The first-order valence-electron chi connectivity index (χ1n) is 10.1. The maximum Gasteiger partial charge on any atom is 0.407 e. The Hall–Kier alpha value is -3.80. The Kier molecular flexibility index (Phi) is 5.62. The molecule has 0 aliphatic heterocycles. The standard InChI is InChI=1S/C25H23NO5/c1-15-12-17(27)11-10-16(15)13-23(24(28)29)26-25(30)31-14-22-20-8-4-2-6-18(20)19-7-3-5-9-21(19)22/h2-12,22-23,27H,13-14H2,1H3,(H,26,30)(H,28,29)/t23-/m1/s1. The molecule has 158 valence electrons. The van der Waals surface area contributed by atoms with Crippen LogP contribution < -0.4 is 5.32 Å². The summed E-state index contributed by atoms with van der Waals surface area (Å²) in [6.07, 6.45) is -0.684. The lowest BCUT2D eigenvalue weighted by Gasteiger charge is -2.18. The summed E-state index contributed by atoms with van der Waals surface area (Å²) in [4.78, 5) is 24.1. The van der Waals surface area contributed by atoms with Gasteiger partial charge in [-0.3, -0.25) is 0 Å². The first kappa shape index (κ1) is 20.5. The normalized spacial score (nSPS) is 13.2. The molecule has 0 spiro atoms. The van der Waals surface area contributed by atoms with Crippen LogP contribution in [-0.4, -0.2) is 34.9 Å². The summed E-state index contributed by atoms with van der Waals surface area (Å²) >= 11 is 0. The Morgan fingerprint density at radius 3 is 2.19 bits per heavy atom. The third-order valence-electron chi connectivity index (χ3n) is 5.68. The lowest BCUT2D eigenvalue weighted by Crippen LogP contribution is -2.43. The van der Waals surface area contributed by atoms with Gasteiger partial charge in [0.1, 0.15) is 18.4 Å². The van der Waals surface area contributed by atoms with Gasteiger partial charge in [0, 0.05) is 12.3 Å². The third-order valence-corrected chi connectivity index (χ3v) is 5.68. The molecule has 0 saturated heterocycles. The van der Waals surface area contributed by atoms with Gasteiger partial charge in [-0.1, -0.05) is 54.6 Å². The van der Waals surface area contributed by atoms with Gasteiger partial charge in [-0.2, -0.15) is 0 Å². The van der Waals surface area contributed by atoms with Crippen molar-refractivity contribution >= 4 is 12.1 Å². The molecule has 6 heteroatoms. The number of carbonyl (C=O) groups is 2. The summed E-state index contributed by atoms with van der Waals surface area (Å²) in [6.45, 7) is 1.89. The second-order valence-corrected chi connectivity index (χ2v) is 7.68. The first-order valence-corrected chi connectivity index (χ1v) is 10.1.